The van der Waals surface area contributed by atoms with Crippen LogP contribution in [0, 0.1) is 12.3 Å². The number of aliphatic hydroxyl groups is 3. The van der Waals surface area contributed by atoms with Crippen LogP contribution in [-0.4, -0.2) is 46.8 Å². The van der Waals surface area contributed by atoms with Gasteiger partial charge in [-0.15, -0.1) is 0 Å². The van der Waals surface area contributed by atoms with Gasteiger partial charge in [0.1, 0.15) is 0 Å². The van der Waals surface area contributed by atoms with Crippen molar-refractivity contribution in [3.05, 3.63) is 6.42 Å². The van der Waals surface area contributed by atoms with Gasteiger partial charge in [0.2, 0.25) is 0 Å². The van der Waals surface area contributed by atoms with Gasteiger partial charge >= 0.3 is 0 Å². The van der Waals surface area contributed by atoms with Gasteiger partial charge in [-0.05, 0) is 0 Å². The Hall–Kier alpha value is -0.160. The van der Waals surface area contributed by atoms with E-state index in [0.29, 0.717) is 0 Å². The maximum absolute atomic E-state index is 9.42. The van der Waals surface area contributed by atoms with Crippen LogP contribution in [0.1, 0.15) is 6.92 Å². The Morgan fingerprint density at radius 1 is 1.33 bits per heavy atom. The molecule has 0 spiro atoms. The van der Waals surface area contributed by atoms with Crippen molar-refractivity contribution < 1.29 is 20.1 Å². The molecule has 4 heteroatoms. The molecule has 1 saturated heterocycles. The van der Waals surface area contributed by atoms with Gasteiger partial charge in [-0.1, -0.05) is 6.92 Å². The summed E-state index contributed by atoms with van der Waals surface area (Å²) in [6.07, 6.45) is 0.125. The molecule has 0 aromatic carbocycles. The van der Waals surface area contributed by atoms with E-state index in [-0.39, 0.29) is 25.2 Å². The summed E-state index contributed by atoms with van der Waals surface area (Å²) < 4.78 is 5.25. The molecule has 1 radical (unpaired) electrons. The van der Waals surface area contributed by atoms with Gasteiger partial charge in [-0.2, -0.15) is 0 Å². The average Bonchev–Trinajstić information content (AvgIpc) is 2.09. The van der Waals surface area contributed by atoms with Gasteiger partial charge in [-0.3, -0.25) is 0 Å². The highest BCUT2D eigenvalue weighted by molar-refractivity contribution is 4.95. The van der Waals surface area contributed by atoms with Gasteiger partial charge in [-0.25, -0.2) is 0 Å². The zero-order chi connectivity index (χ0) is 9.14. The monoisotopic (exact) mass is 175 g/mol. The molecule has 0 aromatic rings. The minimum absolute atomic E-state index is 0.113. The molecule has 12 heavy (non-hydrogen) atoms. The topological polar surface area (TPSA) is 69.9 Å². The molecule has 1 aliphatic rings. The summed E-state index contributed by atoms with van der Waals surface area (Å²) in [5.41, 5.74) is 0. The first-order valence-corrected chi connectivity index (χ1v) is 4.09. The average molecular weight is 175 g/mol. The number of hydrogen-bond acceptors (Lipinski definition) is 4. The SMILES string of the molecule is CC1[C@H](O)[CH]C(CO)O[C@H]1CO. The van der Waals surface area contributed by atoms with Crippen molar-refractivity contribution in [1.29, 1.82) is 0 Å². The molecule has 0 aromatic heterocycles. The van der Waals surface area contributed by atoms with Gasteiger partial charge in [0.15, 0.2) is 0 Å². The van der Waals surface area contributed by atoms with E-state index in [0.717, 1.165) is 0 Å². The van der Waals surface area contributed by atoms with Crippen molar-refractivity contribution in [3.8, 4) is 0 Å². The minimum Gasteiger partial charge on any atom is -0.394 e. The molecule has 1 aliphatic heterocycles. The largest absolute Gasteiger partial charge is 0.394 e. The van der Waals surface area contributed by atoms with E-state index >= 15 is 0 Å². The molecule has 3 N–H and O–H groups in total. The van der Waals surface area contributed by atoms with Crippen molar-refractivity contribution in [3.63, 3.8) is 0 Å². The summed E-state index contributed by atoms with van der Waals surface area (Å²) in [5, 5.41) is 27.0. The van der Waals surface area contributed by atoms with Crippen molar-refractivity contribution in [2.24, 2.45) is 5.92 Å². The molecule has 2 unspecified atom stereocenters. The van der Waals surface area contributed by atoms with Crippen LogP contribution >= 0.6 is 0 Å². The van der Waals surface area contributed by atoms with E-state index in [1.165, 1.54) is 0 Å². The zero-order valence-corrected chi connectivity index (χ0v) is 7.05. The summed E-state index contributed by atoms with van der Waals surface area (Å²) in [6.45, 7) is 1.53. The molecule has 1 fully saturated rings. The van der Waals surface area contributed by atoms with Crippen molar-refractivity contribution in [1.82, 2.24) is 0 Å². The fourth-order valence-electron chi connectivity index (χ4n) is 1.32. The van der Waals surface area contributed by atoms with Crippen LogP contribution < -0.4 is 0 Å². The number of aliphatic hydroxyl groups excluding tert-OH is 3. The maximum Gasteiger partial charge on any atom is 0.0868 e. The van der Waals surface area contributed by atoms with Gasteiger partial charge in [0, 0.05) is 12.3 Å². The highest BCUT2D eigenvalue weighted by Gasteiger charge is 2.34. The summed E-state index contributed by atoms with van der Waals surface area (Å²) >= 11 is 0. The van der Waals surface area contributed by atoms with Crippen LogP contribution in [0.2, 0.25) is 0 Å². The smallest absolute Gasteiger partial charge is 0.0868 e. The number of rotatable bonds is 2. The maximum atomic E-state index is 9.42. The Kier molecular flexibility index (Phi) is 3.46. The van der Waals surface area contributed by atoms with Crippen molar-refractivity contribution in [2.75, 3.05) is 13.2 Å². The molecule has 4 nitrogen and oxygen atoms in total. The van der Waals surface area contributed by atoms with Crippen LogP contribution in [0.5, 0.6) is 0 Å². The zero-order valence-electron chi connectivity index (χ0n) is 7.05. The van der Waals surface area contributed by atoms with Crippen molar-refractivity contribution >= 4 is 0 Å². The fourth-order valence-corrected chi connectivity index (χ4v) is 1.32. The predicted octanol–water partition coefficient (Wildman–Crippen LogP) is -1.06. The highest BCUT2D eigenvalue weighted by Crippen LogP contribution is 2.23. The summed E-state index contributed by atoms with van der Waals surface area (Å²) in [6, 6.07) is 0. The number of ether oxygens (including phenoxy) is 1. The van der Waals surface area contributed by atoms with E-state index in [1.807, 2.05) is 0 Å². The second-order valence-corrected chi connectivity index (χ2v) is 3.12. The Balaban J connectivity index is 2.52. The normalized spacial score (nSPS) is 43.0. The summed E-state index contributed by atoms with van der Waals surface area (Å²) in [4.78, 5) is 0. The first kappa shape index (κ1) is 9.92. The molecular weight excluding hydrogens is 160 g/mol. The van der Waals surface area contributed by atoms with Crippen LogP contribution in [-0.2, 0) is 4.74 Å². The molecule has 0 bridgehead atoms. The van der Waals surface area contributed by atoms with Crippen LogP contribution in [0.3, 0.4) is 0 Å². The van der Waals surface area contributed by atoms with Crippen molar-refractivity contribution in [2.45, 2.75) is 25.2 Å². The van der Waals surface area contributed by atoms with Gasteiger partial charge < -0.3 is 20.1 Å². The minimum atomic E-state index is -0.604. The fraction of sp³-hybridized carbons (Fsp3) is 0.875. The molecule has 71 valence electrons. The molecule has 4 atom stereocenters. The molecule has 0 amide bonds. The first-order valence-electron chi connectivity index (χ1n) is 4.09. The van der Waals surface area contributed by atoms with Crippen LogP contribution in [0.15, 0.2) is 0 Å². The summed E-state index contributed by atoms with van der Waals surface area (Å²) in [5.74, 6) is -0.113. The number of hydrogen-bond donors (Lipinski definition) is 3. The lowest BCUT2D eigenvalue weighted by atomic mass is 9.91. The van der Waals surface area contributed by atoms with Crippen LogP contribution in [0.4, 0.5) is 0 Å². The quantitative estimate of drug-likeness (QED) is 0.500. The van der Waals surface area contributed by atoms with E-state index in [1.54, 1.807) is 13.3 Å². The lowest BCUT2D eigenvalue weighted by Crippen LogP contribution is -2.46. The summed E-state index contributed by atoms with van der Waals surface area (Å²) in [7, 11) is 0. The second-order valence-electron chi connectivity index (χ2n) is 3.12. The second kappa shape index (κ2) is 4.18. The first-order chi connectivity index (χ1) is 5.69. The molecular formula is C8H15O4. The van der Waals surface area contributed by atoms with E-state index in [9.17, 15) is 5.11 Å². The Morgan fingerprint density at radius 2 is 2.00 bits per heavy atom. The predicted molar refractivity (Wildman–Crippen MR) is 42.3 cm³/mol. The molecule has 1 heterocycles. The molecule has 0 saturated carbocycles. The lowest BCUT2D eigenvalue weighted by Gasteiger charge is -2.36. The lowest BCUT2D eigenvalue weighted by molar-refractivity contribution is -0.126. The third-order valence-corrected chi connectivity index (χ3v) is 2.25. The third kappa shape index (κ3) is 1.95. The third-order valence-electron chi connectivity index (χ3n) is 2.25. The van der Waals surface area contributed by atoms with Gasteiger partial charge in [0.05, 0.1) is 31.5 Å². The Labute approximate surface area is 71.8 Å². The van der Waals surface area contributed by atoms with E-state index in [4.69, 9.17) is 14.9 Å². The molecule has 1 rings (SSSR count). The van der Waals surface area contributed by atoms with Crippen LogP contribution in [0.25, 0.3) is 0 Å². The standard InChI is InChI=1S/C8H15O4/c1-5-7(11)2-6(3-9)12-8(5)4-10/h2,5-11H,3-4H2,1H3/t5?,6?,7-,8+/m1/s1. The molecule has 0 aliphatic carbocycles. The Morgan fingerprint density at radius 3 is 2.50 bits per heavy atom. The Bertz CT molecular complexity index is 139. The highest BCUT2D eigenvalue weighted by atomic mass is 16.5. The van der Waals surface area contributed by atoms with Gasteiger partial charge in [0.25, 0.3) is 0 Å². The van der Waals surface area contributed by atoms with E-state index < -0.39 is 12.2 Å². The van der Waals surface area contributed by atoms with E-state index in [2.05, 4.69) is 0 Å².